The minimum Gasteiger partial charge on any atom is -0.471 e. The number of nitrogens with one attached hydrogen (secondary N) is 1. The Morgan fingerprint density at radius 3 is 2.59 bits per heavy atom. The molecule has 17 heavy (non-hydrogen) atoms. The molecule has 0 aliphatic carbocycles. The monoisotopic (exact) mass is 266 g/mol. The average Bonchev–Trinajstić information content (AvgIpc) is 2.26. The minimum absolute atomic E-state index is 0. The Labute approximate surface area is 106 Å². The molecule has 98 valence electrons. The number of halogens is 3. The summed E-state index contributed by atoms with van der Waals surface area (Å²) in [6.07, 6.45) is -0.841. The number of alkyl halides is 2. The number of ether oxygens (including phenoxy) is 1. The summed E-state index contributed by atoms with van der Waals surface area (Å²) < 4.78 is 28.8. The molecule has 0 radical (unpaired) electrons. The molecule has 1 rings (SSSR count). The van der Waals surface area contributed by atoms with Gasteiger partial charge in [0.2, 0.25) is 5.88 Å². The molecule has 0 bridgehead atoms. The van der Waals surface area contributed by atoms with Crippen LogP contribution in [-0.4, -0.2) is 25.1 Å². The third-order valence-corrected chi connectivity index (χ3v) is 2.33. The van der Waals surface area contributed by atoms with Gasteiger partial charge in [-0.2, -0.15) is 0 Å². The van der Waals surface area contributed by atoms with Crippen molar-refractivity contribution in [3.05, 3.63) is 23.4 Å². The van der Waals surface area contributed by atoms with Crippen molar-refractivity contribution in [2.75, 3.05) is 13.7 Å². The number of nitrogens with zero attached hydrogens (tertiary/aromatic N) is 1. The van der Waals surface area contributed by atoms with Gasteiger partial charge >= 0.3 is 0 Å². The summed E-state index contributed by atoms with van der Waals surface area (Å²) in [7, 11) is 1.85. The van der Waals surface area contributed by atoms with Crippen molar-refractivity contribution < 1.29 is 13.5 Å². The Bertz CT molecular complexity index is 350. The number of hydrogen-bond acceptors (Lipinski definition) is 3. The second-order valence-corrected chi connectivity index (χ2v) is 3.60. The molecule has 6 heteroatoms. The van der Waals surface area contributed by atoms with Gasteiger partial charge in [-0.15, -0.1) is 12.4 Å². The number of hydrogen-bond donors (Lipinski definition) is 1. The second kappa shape index (κ2) is 7.40. The van der Waals surface area contributed by atoms with E-state index in [-0.39, 0.29) is 24.3 Å². The maximum absolute atomic E-state index is 12.0. The third-order valence-electron chi connectivity index (χ3n) is 2.33. The molecule has 0 aliphatic heterocycles. The van der Waals surface area contributed by atoms with Gasteiger partial charge in [-0.3, -0.25) is 0 Å². The normalized spacial score (nSPS) is 12.1. The lowest BCUT2D eigenvalue weighted by molar-refractivity contribution is 0.0792. The Morgan fingerprint density at radius 1 is 1.47 bits per heavy atom. The molecule has 0 spiro atoms. The van der Waals surface area contributed by atoms with Crippen LogP contribution in [0.5, 0.6) is 5.88 Å². The highest BCUT2D eigenvalue weighted by Gasteiger charge is 2.09. The zero-order chi connectivity index (χ0) is 12.1. The first kappa shape index (κ1) is 16.1. The molecule has 0 saturated heterocycles. The van der Waals surface area contributed by atoms with Crippen LogP contribution in [0.2, 0.25) is 0 Å². The molecule has 0 amide bonds. The quantitative estimate of drug-likeness (QED) is 0.890. The predicted octanol–water partition coefficient (Wildman–Crippen LogP) is 2.74. The van der Waals surface area contributed by atoms with Crippen LogP contribution < -0.4 is 10.1 Å². The van der Waals surface area contributed by atoms with E-state index in [0.29, 0.717) is 0 Å². The molecule has 0 saturated carbocycles. The maximum Gasteiger partial charge on any atom is 0.272 e. The van der Waals surface area contributed by atoms with Crippen LogP contribution in [0, 0.1) is 6.92 Å². The number of pyridine rings is 1. The van der Waals surface area contributed by atoms with Crippen molar-refractivity contribution in [3.8, 4) is 5.88 Å². The SMILES string of the molecule is CNC(C)c1cnc(OCC(F)F)c(C)c1.Cl. The van der Waals surface area contributed by atoms with Gasteiger partial charge in [-0.1, -0.05) is 0 Å². The third kappa shape index (κ3) is 4.83. The van der Waals surface area contributed by atoms with Gasteiger partial charge in [0.05, 0.1) is 0 Å². The summed E-state index contributed by atoms with van der Waals surface area (Å²) in [5, 5.41) is 3.08. The van der Waals surface area contributed by atoms with E-state index in [9.17, 15) is 8.78 Å². The molecule has 1 unspecified atom stereocenters. The highest BCUT2D eigenvalue weighted by molar-refractivity contribution is 5.85. The zero-order valence-electron chi connectivity index (χ0n) is 10.0. The summed E-state index contributed by atoms with van der Waals surface area (Å²) >= 11 is 0. The van der Waals surface area contributed by atoms with Gasteiger partial charge < -0.3 is 10.1 Å². The first-order chi connectivity index (χ1) is 7.54. The fourth-order valence-corrected chi connectivity index (χ4v) is 1.28. The highest BCUT2D eigenvalue weighted by Crippen LogP contribution is 2.19. The first-order valence-electron chi connectivity index (χ1n) is 5.09. The van der Waals surface area contributed by atoms with Crippen LogP contribution in [0.3, 0.4) is 0 Å². The van der Waals surface area contributed by atoms with Gasteiger partial charge in [0.25, 0.3) is 6.43 Å². The molecule has 1 heterocycles. The fraction of sp³-hybridized carbons (Fsp3) is 0.545. The van der Waals surface area contributed by atoms with Crippen molar-refractivity contribution in [2.45, 2.75) is 26.3 Å². The van der Waals surface area contributed by atoms with Crippen LogP contribution in [0.4, 0.5) is 8.78 Å². The number of rotatable bonds is 5. The van der Waals surface area contributed by atoms with E-state index in [1.807, 2.05) is 20.0 Å². The lowest BCUT2D eigenvalue weighted by Gasteiger charge is -2.13. The molecule has 1 aromatic rings. The average molecular weight is 267 g/mol. The number of aromatic nitrogens is 1. The van der Waals surface area contributed by atoms with Gasteiger partial charge in [0.1, 0.15) is 0 Å². The van der Waals surface area contributed by atoms with Gasteiger partial charge in [0, 0.05) is 17.8 Å². The second-order valence-electron chi connectivity index (χ2n) is 3.60. The van der Waals surface area contributed by atoms with Crippen LogP contribution in [0.25, 0.3) is 0 Å². The van der Waals surface area contributed by atoms with Gasteiger partial charge in [0.15, 0.2) is 6.61 Å². The predicted molar refractivity (Wildman–Crippen MR) is 65.2 cm³/mol. The molecular formula is C11H17ClF2N2O. The van der Waals surface area contributed by atoms with Crippen LogP contribution in [-0.2, 0) is 0 Å². The standard InChI is InChI=1S/C11H16F2N2O.ClH/c1-7-4-9(8(2)14-3)5-15-11(7)16-6-10(12)13;/h4-5,8,10,14H,6H2,1-3H3;1H. The molecule has 0 fully saturated rings. The molecule has 1 N–H and O–H groups in total. The largest absolute Gasteiger partial charge is 0.471 e. The lowest BCUT2D eigenvalue weighted by Crippen LogP contribution is -2.14. The van der Waals surface area contributed by atoms with Crippen molar-refractivity contribution in [3.63, 3.8) is 0 Å². The molecule has 0 aliphatic rings. The summed E-state index contributed by atoms with van der Waals surface area (Å²) in [5.74, 6) is 0.271. The van der Waals surface area contributed by atoms with E-state index in [0.717, 1.165) is 11.1 Å². The molecule has 1 aromatic heterocycles. The maximum atomic E-state index is 12.0. The van der Waals surface area contributed by atoms with Crippen LogP contribution in [0.1, 0.15) is 24.1 Å². The smallest absolute Gasteiger partial charge is 0.272 e. The lowest BCUT2D eigenvalue weighted by atomic mass is 10.1. The van der Waals surface area contributed by atoms with Crippen LogP contribution in [0.15, 0.2) is 12.3 Å². The summed E-state index contributed by atoms with van der Waals surface area (Å²) in [6.45, 7) is 3.17. The van der Waals surface area contributed by atoms with Crippen molar-refractivity contribution in [2.24, 2.45) is 0 Å². The van der Waals surface area contributed by atoms with Crippen LogP contribution >= 0.6 is 12.4 Å². The van der Waals surface area contributed by atoms with E-state index in [1.54, 1.807) is 13.1 Å². The fourth-order valence-electron chi connectivity index (χ4n) is 1.28. The number of aryl methyl sites for hydroxylation is 1. The Morgan fingerprint density at radius 2 is 2.12 bits per heavy atom. The van der Waals surface area contributed by atoms with Gasteiger partial charge in [-0.25, -0.2) is 13.8 Å². The summed E-state index contributed by atoms with van der Waals surface area (Å²) in [6, 6.07) is 2.06. The van der Waals surface area contributed by atoms with E-state index in [4.69, 9.17) is 4.74 Å². The Kier molecular flexibility index (Phi) is 6.99. The summed E-state index contributed by atoms with van der Waals surface area (Å²) in [4.78, 5) is 4.02. The minimum atomic E-state index is -2.47. The highest BCUT2D eigenvalue weighted by atomic mass is 35.5. The Hall–Kier alpha value is -0.940. The molecule has 3 nitrogen and oxygen atoms in total. The van der Waals surface area contributed by atoms with Crippen molar-refractivity contribution in [1.82, 2.24) is 10.3 Å². The van der Waals surface area contributed by atoms with E-state index in [1.165, 1.54) is 0 Å². The van der Waals surface area contributed by atoms with Crippen molar-refractivity contribution >= 4 is 12.4 Å². The Balaban J connectivity index is 0.00000256. The zero-order valence-corrected chi connectivity index (χ0v) is 10.9. The van der Waals surface area contributed by atoms with E-state index in [2.05, 4.69) is 10.3 Å². The summed E-state index contributed by atoms with van der Waals surface area (Å²) in [5.41, 5.74) is 1.77. The molecule has 1 atom stereocenters. The van der Waals surface area contributed by atoms with E-state index >= 15 is 0 Å². The first-order valence-corrected chi connectivity index (χ1v) is 5.09. The molecule has 0 aromatic carbocycles. The van der Waals surface area contributed by atoms with E-state index < -0.39 is 13.0 Å². The van der Waals surface area contributed by atoms with Crippen molar-refractivity contribution in [1.29, 1.82) is 0 Å². The molecular weight excluding hydrogens is 250 g/mol. The van der Waals surface area contributed by atoms with Gasteiger partial charge in [-0.05, 0) is 32.5 Å². The topological polar surface area (TPSA) is 34.2 Å².